The number of anilines is 2. The minimum Gasteiger partial charge on any atom is -0.493 e. The topological polar surface area (TPSA) is 79.7 Å². The molecule has 0 aliphatic rings. The van der Waals surface area contributed by atoms with E-state index in [1.54, 1.807) is 26.4 Å². The van der Waals surface area contributed by atoms with Gasteiger partial charge in [-0.3, -0.25) is 0 Å². The molecule has 5 nitrogen and oxygen atoms in total. The predicted octanol–water partition coefficient (Wildman–Crippen LogP) is 1.41. The molecule has 0 saturated carbocycles. The van der Waals surface area contributed by atoms with Crippen LogP contribution in [-0.4, -0.2) is 27.1 Å². The van der Waals surface area contributed by atoms with E-state index in [1.165, 1.54) is 0 Å². The number of ether oxygens (including phenoxy) is 3. The highest BCUT2D eigenvalue weighted by molar-refractivity contribution is 5.63. The molecule has 0 aliphatic heterocycles. The molecule has 0 saturated heterocycles. The monoisotopic (exact) mass is 240 g/mol. The van der Waals surface area contributed by atoms with Crippen LogP contribution in [0.4, 0.5) is 11.4 Å². The molecule has 0 unspecified atom stereocenters. The van der Waals surface area contributed by atoms with Crippen LogP contribution >= 0.6 is 0 Å². The van der Waals surface area contributed by atoms with Crippen molar-refractivity contribution in [2.24, 2.45) is 0 Å². The summed E-state index contributed by atoms with van der Waals surface area (Å²) in [4.78, 5) is 0. The molecule has 96 valence electrons. The van der Waals surface area contributed by atoms with Crippen LogP contribution < -0.4 is 16.2 Å². The van der Waals surface area contributed by atoms with Gasteiger partial charge in [-0.2, -0.15) is 0 Å². The molecule has 0 heterocycles. The van der Waals surface area contributed by atoms with E-state index in [-0.39, 0.29) is 6.29 Å². The molecular formula is C12H20N2O3. The Morgan fingerprint density at radius 2 is 1.82 bits per heavy atom. The summed E-state index contributed by atoms with van der Waals surface area (Å²) in [6.07, 6.45) is 0.175. The van der Waals surface area contributed by atoms with Crippen LogP contribution in [0.5, 0.6) is 5.75 Å². The molecule has 0 atom stereocenters. The van der Waals surface area contributed by atoms with Crippen molar-refractivity contribution < 1.29 is 14.2 Å². The summed E-state index contributed by atoms with van der Waals surface area (Å²) in [5.74, 6) is 0.684. The Labute approximate surface area is 102 Å². The van der Waals surface area contributed by atoms with E-state index in [0.717, 1.165) is 5.56 Å². The Bertz CT molecular complexity index is 365. The fraction of sp³-hybridized carbons (Fsp3) is 0.500. The van der Waals surface area contributed by atoms with Crippen LogP contribution in [0.1, 0.15) is 12.5 Å². The summed E-state index contributed by atoms with van der Waals surface area (Å²) < 4.78 is 15.8. The van der Waals surface area contributed by atoms with Crippen molar-refractivity contribution in [1.29, 1.82) is 0 Å². The second kappa shape index (κ2) is 6.32. The normalized spacial score (nSPS) is 10.8. The number of benzene rings is 1. The van der Waals surface area contributed by atoms with Crippen LogP contribution in [0, 0.1) is 0 Å². The van der Waals surface area contributed by atoms with E-state index >= 15 is 0 Å². The van der Waals surface area contributed by atoms with Crippen molar-refractivity contribution in [3.05, 3.63) is 17.7 Å². The van der Waals surface area contributed by atoms with Crippen molar-refractivity contribution in [2.45, 2.75) is 19.6 Å². The highest BCUT2D eigenvalue weighted by Crippen LogP contribution is 2.29. The highest BCUT2D eigenvalue weighted by Gasteiger charge is 2.15. The number of hydrogen-bond acceptors (Lipinski definition) is 5. The summed E-state index contributed by atoms with van der Waals surface area (Å²) in [7, 11) is 3.17. The molecule has 0 bridgehead atoms. The van der Waals surface area contributed by atoms with E-state index in [2.05, 4.69) is 0 Å². The largest absolute Gasteiger partial charge is 0.493 e. The van der Waals surface area contributed by atoms with Crippen LogP contribution in [0.2, 0.25) is 0 Å². The maximum Gasteiger partial charge on any atom is 0.161 e. The fourth-order valence-corrected chi connectivity index (χ4v) is 1.62. The standard InChI is InChI=1S/C12H20N2O3/c1-4-17-11-6-8(13)5-10(14)9(11)7-12(15-2)16-3/h5-6,12H,4,7,13-14H2,1-3H3. The molecule has 0 spiro atoms. The Morgan fingerprint density at radius 1 is 1.18 bits per heavy atom. The maximum atomic E-state index is 5.94. The van der Waals surface area contributed by atoms with Crippen molar-refractivity contribution >= 4 is 11.4 Å². The zero-order valence-corrected chi connectivity index (χ0v) is 10.5. The molecule has 5 heteroatoms. The average Bonchev–Trinajstić information content (AvgIpc) is 2.29. The highest BCUT2D eigenvalue weighted by atomic mass is 16.7. The molecule has 0 aromatic heterocycles. The van der Waals surface area contributed by atoms with Crippen LogP contribution in [0.25, 0.3) is 0 Å². The van der Waals surface area contributed by atoms with Crippen molar-refractivity contribution in [3.8, 4) is 5.75 Å². The van der Waals surface area contributed by atoms with Crippen LogP contribution in [0.15, 0.2) is 12.1 Å². The minimum atomic E-state index is -0.347. The van der Waals surface area contributed by atoms with E-state index in [9.17, 15) is 0 Å². The molecule has 1 aromatic rings. The van der Waals surface area contributed by atoms with Gasteiger partial charge in [0.1, 0.15) is 5.75 Å². The summed E-state index contributed by atoms with van der Waals surface area (Å²) in [6, 6.07) is 3.47. The molecule has 0 radical (unpaired) electrons. The number of rotatable bonds is 6. The first kappa shape index (κ1) is 13.6. The fourth-order valence-electron chi connectivity index (χ4n) is 1.62. The molecule has 1 aromatic carbocycles. The van der Waals surface area contributed by atoms with E-state index < -0.39 is 0 Å². The number of methoxy groups -OCH3 is 2. The van der Waals surface area contributed by atoms with Gasteiger partial charge in [0, 0.05) is 43.6 Å². The molecule has 17 heavy (non-hydrogen) atoms. The van der Waals surface area contributed by atoms with Gasteiger partial charge >= 0.3 is 0 Å². The first-order chi connectivity index (χ1) is 8.12. The summed E-state index contributed by atoms with van der Waals surface area (Å²) in [6.45, 7) is 2.47. The first-order valence-electron chi connectivity index (χ1n) is 5.48. The van der Waals surface area contributed by atoms with Gasteiger partial charge in [-0.1, -0.05) is 0 Å². The predicted molar refractivity (Wildman–Crippen MR) is 67.9 cm³/mol. The lowest BCUT2D eigenvalue weighted by Gasteiger charge is -2.18. The molecule has 4 N–H and O–H groups in total. The quantitative estimate of drug-likeness (QED) is 0.580. The van der Waals surface area contributed by atoms with Gasteiger partial charge in [0.25, 0.3) is 0 Å². The van der Waals surface area contributed by atoms with Gasteiger partial charge in [-0.05, 0) is 13.0 Å². The van der Waals surface area contributed by atoms with E-state index in [0.29, 0.717) is 30.2 Å². The Hall–Kier alpha value is -1.46. The summed E-state index contributed by atoms with van der Waals surface area (Å²) >= 11 is 0. The third-order valence-electron chi connectivity index (χ3n) is 2.46. The zero-order chi connectivity index (χ0) is 12.8. The number of nitrogens with two attached hydrogens (primary N) is 2. The van der Waals surface area contributed by atoms with Gasteiger partial charge in [-0.15, -0.1) is 0 Å². The zero-order valence-electron chi connectivity index (χ0n) is 10.5. The van der Waals surface area contributed by atoms with Crippen molar-refractivity contribution in [1.82, 2.24) is 0 Å². The molecule has 0 aliphatic carbocycles. The van der Waals surface area contributed by atoms with Crippen molar-refractivity contribution in [2.75, 3.05) is 32.3 Å². The minimum absolute atomic E-state index is 0.347. The second-order valence-electron chi connectivity index (χ2n) is 3.62. The summed E-state index contributed by atoms with van der Waals surface area (Å²) in [5.41, 5.74) is 13.7. The van der Waals surface area contributed by atoms with Gasteiger partial charge < -0.3 is 25.7 Å². The maximum absolute atomic E-state index is 5.94. The molecular weight excluding hydrogens is 220 g/mol. The molecule has 1 rings (SSSR count). The van der Waals surface area contributed by atoms with Gasteiger partial charge in [-0.25, -0.2) is 0 Å². The smallest absolute Gasteiger partial charge is 0.161 e. The van der Waals surface area contributed by atoms with Gasteiger partial charge in [0.15, 0.2) is 6.29 Å². The molecule has 0 amide bonds. The lowest BCUT2D eigenvalue weighted by atomic mass is 10.1. The number of hydrogen-bond donors (Lipinski definition) is 2. The van der Waals surface area contributed by atoms with Gasteiger partial charge in [0.2, 0.25) is 0 Å². The molecule has 0 fully saturated rings. The Kier molecular flexibility index (Phi) is 5.06. The van der Waals surface area contributed by atoms with E-state index in [1.807, 2.05) is 6.92 Å². The van der Waals surface area contributed by atoms with Crippen molar-refractivity contribution in [3.63, 3.8) is 0 Å². The van der Waals surface area contributed by atoms with Gasteiger partial charge in [0.05, 0.1) is 6.61 Å². The van der Waals surface area contributed by atoms with Crippen LogP contribution in [-0.2, 0) is 15.9 Å². The summed E-state index contributed by atoms with van der Waals surface area (Å²) in [5, 5.41) is 0. The Morgan fingerprint density at radius 3 is 2.35 bits per heavy atom. The average molecular weight is 240 g/mol. The van der Waals surface area contributed by atoms with Crippen LogP contribution in [0.3, 0.4) is 0 Å². The third kappa shape index (κ3) is 3.51. The number of nitrogen functional groups attached to an aromatic ring is 2. The lowest BCUT2D eigenvalue weighted by Crippen LogP contribution is -2.18. The first-order valence-corrected chi connectivity index (χ1v) is 5.48. The van der Waals surface area contributed by atoms with E-state index in [4.69, 9.17) is 25.7 Å². The second-order valence-corrected chi connectivity index (χ2v) is 3.62. The Balaban J connectivity index is 3.02. The third-order valence-corrected chi connectivity index (χ3v) is 2.46. The SMILES string of the molecule is CCOc1cc(N)cc(N)c1CC(OC)OC. The lowest BCUT2D eigenvalue weighted by molar-refractivity contribution is -0.100.